The first-order valence-corrected chi connectivity index (χ1v) is 6.16. The monoisotopic (exact) mass is 271 g/mol. The molecule has 2 unspecified atom stereocenters. The van der Waals surface area contributed by atoms with Gasteiger partial charge < -0.3 is 14.2 Å². The molecule has 0 aliphatic carbocycles. The molecule has 0 saturated carbocycles. The topological polar surface area (TPSA) is 65.1 Å². The van der Waals surface area contributed by atoms with E-state index in [2.05, 4.69) is 6.58 Å². The minimum absolute atomic E-state index is 0.300. The van der Waals surface area contributed by atoms with Crippen LogP contribution in [0, 0.1) is 0 Å². The second-order valence-corrected chi connectivity index (χ2v) is 4.44. The van der Waals surface area contributed by atoms with E-state index in [0.717, 1.165) is 6.42 Å². The lowest BCUT2D eigenvalue weighted by Crippen LogP contribution is -2.63. The summed E-state index contributed by atoms with van der Waals surface area (Å²) in [6.07, 6.45) is 2.72. The van der Waals surface area contributed by atoms with E-state index in [1.165, 1.54) is 26.2 Å². The fourth-order valence-corrected chi connectivity index (χ4v) is 2.62. The van der Waals surface area contributed by atoms with Crippen molar-refractivity contribution >= 4 is 12.1 Å². The zero-order valence-corrected chi connectivity index (χ0v) is 11.7. The van der Waals surface area contributed by atoms with Gasteiger partial charge in [-0.15, -0.1) is 6.58 Å². The Bertz CT molecular complexity index is 357. The molecule has 6 heteroatoms. The van der Waals surface area contributed by atoms with E-state index in [9.17, 15) is 9.59 Å². The third-order valence-electron chi connectivity index (χ3n) is 3.48. The normalized spacial score (nSPS) is 26.7. The Balaban J connectivity index is 3.24. The van der Waals surface area contributed by atoms with Crippen LogP contribution in [0.5, 0.6) is 0 Å². The Kier molecular flexibility index (Phi) is 5.35. The molecule has 1 amide bonds. The molecule has 0 aromatic heterocycles. The number of likely N-dealkylation sites (tertiary alicyclic amines) is 1. The standard InChI is InChI=1S/C13H21NO5/c1-5-8-13(11(15)18-3)9-6-7-10(17-2)14(13)12(16)19-4/h5,10H,1,6-9H2,2-4H3. The van der Waals surface area contributed by atoms with Gasteiger partial charge in [-0.05, 0) is 25.7 Å². The Hall–Kier alpha value is -1.56. The van der Waals surface area contributed by atoms with Crippen molar-refractivity contribution in [3.8, 4) is 0 Å². The van der Waals surface area contributed by atoms with Gasteiger partial charge in [0.1, 0.15) is 11.8 Å². The van der Waals surface area contributed by atoms with E-state index in [0.29, 0.717) is 19.3 Å². The SMILES string of the molecule is C=CCC1(C(=O)OC)CCCC(OC)N1C(=O)OC. The quantitative estimate of drug-likeness (QED) is 0.575. The Morgan fingerprint density at radius 1 is 1.37 bits per heavy atom. The van der Waals surface area contributed by atoms with Crippen LogP contribution in [-0.4, -0.2) is 50.1 Å². The number of methoxy groups -OCH3 is 3. The van der Waals surface area contributed by atoms with Gasteiger partial charge in [-0.25, -0.2) is 9.59 Å². The van der Waals surface area contributed by atoms with Crippen LogP contribution in [0.15, 0.2) is 12.7 Å². The number of amides is 1. The summed E-state index contributed by atoms with van der Waals surface area (Å²) in [5.74, 6) is -0.473. The molecule has 0 aromatic carbocycles. The lowest BCUT2D eigenvalue weighted by molar-refractivity contribution is -0.170. The number of piperidine rings is 1. The Labute approximate surface area is 113 Å². The minimum Gasteiger partial charge on any atom is -0.467 e. The number of hydrogen-bond acceptors (Lipinski definition) is 5. The maximum absolute atomic E-state index is 12.2. The molecular formula is C13H21NO5. The largest absolute Gasteiger partial charge is 0.467 e. The number of esters is 1. The molecule has 1 aliphatic rings. The molecule has 0 aromatic rings. The maximum atomic E-state index is 12.2. The first-order chi connectivity index (χ1) is 9.07. The van der Waals surface area contributed by atoms with E-state index >= 15 is 0 Å². The summed E-state index contributed by atoms with van der Waals surface area (Å²) in [4.78, 5) is 25.6. The second-order valence-electron chi connectivity index (χ2n) is 4.44. The van der Waals surface area contributed by atoms with Crippen molar-refractivity contribution < 1.29 is 23.8 Å². The number of carbonyl (C=O) groups excluding carboxylic acids is 2. The Morgan fingerprint density at radius 3 is 2.53 bits per heavy atom. The van der Waals surface area contributed by atoms with E-state index < -0.39 is 23.8 Å². The van der Waals surface area contributed by atoms with Gasteiger partial charge in [0.15, 0.2) is 0 Å². The molecule has 0 spiro atoms. The molecule has 0 bridgehead atoms. The van der Waals surface area contributed by atoms with Crippen molar-refractivity contribution in [2.75, 3.05) is 21.3 Å². The van der Waals surface area contributed by atoms with Gasteiger partial charge in [-0.2, -0.15) is 0 Å². The summed E-state index contributed by atoms with van der Waals surface area (Å²) >= 11 is 0. The third-order valence-corrected chi connectivity index (χ3v) is 3.48. The minimum atomic E-state index is -1.09. The average molecular weight is 271 g/mol. The average Bonchev–Trinajstić information content (AvgIpc) is 2.45. The molecule has 19 heavy (non-hydrogen) atoms. The first-order valence-electron chi connectivity index (χ1n) is 6.16. The van der Waals surface area contributed by atoms with Gasteiger partial charge in [0.25, 0.3) is 0 Å². The van der Waals surface area contributed by atoms with Gasteiger partial charge >= 0.3 is 12.1 Å². The summed E-state index contributed by atoms with van der Waals surface area (Å²) in [5, 5.41) is 0. The number of ether oxygens (including phenoxy) is 3. The summed E-state index contributed by atoms with van der Waals surface area (Å²) in [6, 6.07) is 0. The summed E-state index contributed by atoms with van der Waals surface area (Å²) in [5.41, 5.74) is -1.09. The van der Waals surface area contributed by atoms with Crippen molar-refractivity contribution in [3.05, 3.63) is 12.7 Å². The van der Waals surface area contributed by atoms with Crippen LogP contribution >= 0.6 is 0 Å². The smallest absolute Gasteiger partial charge is 0.412 e. The molecule has 2 atom stereocenters. The van der Waals surface area contributed by atoms with Gasteiger partial charge in [-0.3, -0.25) is 4.90 Å². The van der Waals surface area contributed by atoms with E-state index in [1.807, 2.05) is 0 Å². The number of nitrogens with zero attached hydrogens (tertiary/aromatic N) is 1. The van der Waals surface area contributed by atoms with Crippen molar-refractivity contribution in [3.63, 3.8) is 0 Å². The molecule has 0 N–H and O–H groups in total. The van der Waals surface area contributed by atoms with Gasteiger partial charge in [0.05, 0.1) is 14.2 Å². The predicted octanol–water partition coefficient (Wildman–Crippen LogP) is 1.70. The van der Waals surface area contributed by atoms with Crippen LogP contribution in [-0.2, 0) is 19.0 Å². The molecular weight excluding hydrogens is 250 g/mol. The fourth-order valence-electron chi connectivity index (χ4n) is 2.62. The zero-order chi connectivity index (χ0) is 14.5. The van der Waals surface area contributed by atoms with Gasteiger partial charge in [0.2, 0.25) is 0 Å². The highest BCUT2D eigenvalue weighted by Gasteiger charge is 2.52. The lowest BCUT2D eigenvalue weighted by atomic mass is 9.83. The van der Waals surface area contributed by atoms with Crippen LogP contribution in [0.25, 0.3) is 0 Å². The molecule has 1 heterocycles. The van der Waals surface area contributed by atoms with Gasteiger partial charge in [0, 0.05) is 7.11 Å². The van der Waals surface area contributed by atoms with Crippen LogP contribution in [0.2, 0.25) is 0 Å². The van der Waals surface area contributed by atoms with Crippen LogP contribution in [0.4, 0.5) is 4.79 Å². The van der Waals surface area contributed by atoms with Crippen LogP contribution < -0.4 is 0 Å². The zero-order valence-electron chi connectivity index (χ0n) is 11.7. The van der Waals surface area contributed by atoms with E-state index in [-0.39, 0.29) is 0 Å². The number of carbonyl (C=O) groups is 2. The van der Waals surface area contributed by atoms with Crippen LogP contribution in [0.1, 0.15) is 25.7 Å². The van der Waals surface area contributed by atoms with Crippen molar-refractivity contribution in [1.82, 2.24) is 4.90 Å². The molecule has 1 saturated heterocycles. The van der Waals surface area contributed by atoms with Crippen LogP contribution in [0.3, 0.4) is 0 Å². The second kappa shape index (κ2) is 6.56. The summed E-state index contributed by atoms with van der Waals surface area (Å²) < 4.78 is 15.0. The fraction of sp³-hybridized carbons (Fsp3) is 0.692. The van der Waals surface area contributed by atoms with Crippen molar-refractivity contribution in [2.45, 2.75) is 37.5 Å². The number of rotatable bonds is 4. The highest BCUT2D eigenvalue weighted by Crippen LogP contribution is 2.37. The summed E-state index contributed by atoms with van der Waals surface area (Å²) in [7, 11) is 4.08. The molecule has 6 nitrogen and oxygen atoms in total. The lowest BCUT2D eigenvalue weighted by Gasteiger charge is -2.47. The van der Waals surface area contributed by atoms with Crippen molar-refractivity contribution in [2.24, 2.45) is 0 Å². The highest BCUT2D eigenvalue weighted by atomic mass is 16.6. The maximum Gasteiger partial charge on any atom is 0.412 e. The first kappa shape index (κ1) is 15.5. The number of hydrogen-bond donors (Lipinski definition) is 0. The van der Waals surface area contributed by atoms with Crippen molar-refractivity contribution in [1.29, 1.82) is 0 Å². The third kappa shape index (κ3) is 2.73. The van der Waals surface area contributed by atoms with Gasteiger partial charge in [-0.1, -0.05) is 6.08 Å². The molecule has 1 rings (SSSR count). The molecule has 0 radical (unpaired) electrons. The summed E-state index contributed by atoms with van der Waals surface area (Å²) in [6.45, 7) is 3.66. The Morgan fingerprint density at radius 2 is 2.05 bits per heavy atom. The van der Waals surface area contributed by atoms with E-state index in [4.69, 9.17) is 14.2 Å². The molecule has 1 aliphatic heterocycles. The predicted molar refractivity (Wildman–Crippen MR) is 68.5 cm³/mol. The molecule has 108 valence electrons. The molecule has 1 fully saturated rings. The highest BCUT2D eigenvalue weighted by molar-refractivity contribution is 5.86. The van der Waals surface area contributed by atoms with E-state index in [1.54, 1.807) is 6.08 Å².